The zero-order valence-corrected chi connectivity index (χ0v) is 18.3. The van der Waals surface area contributed by atoms with Crippen LogP contribution in [0.15, 0.2) is 48.5 Å². The molecule has 0 radical (unpaired) electrons. The quantitative estimate of drug-likeness (QED) is 0.444. The number of carbonyl (C=O) groups is 1. The molecular weight excluding hydrogens is 394 g/mol. The summed E-state index contributed by atoms with van der Waals surface area (Å²) in [5.41, 5.74) is 4.70. The van der Waals surface area contributed by atoms with E-state index in [2.05, 4.69) is 21.4 Å². The first kappa shape index (κ1) is 22.2. The monoisotopic (exact) mass is 421 g/mol. The number of amides is 1. The van der Waals surface area contributed by atoms with E-state index in [1.54, 1.807) is 30.7 Å². The first-order chi connectivity index (χ1) is 14.8. The second kappa shape index (κ2) is 9.53. The molecule has 2 aromatic carbocycles. The van der Waals surface area contributed by atoms with Crippen molar-refractivity contribution in [3.8, 4) is 0 Å². The summed E-state index contributed by atoms with van der Waals surface area (Å²) >= 11 is 0. The summed E-state index contributed by atoms with van der Waals surface area (Å²) in [5.74, 6) is -0.145. The number of hydrogen-bond acceptors (Lipinski definition) is 5. The minimum atomic E-state index is -0.404. The Hall–Kier alpha value is -3.52. The average Bonchev–Trinajstić information content (AvgIpc) is 3.00. The number of hydrogen-bond donors (Lipinski definition) is 1. The SMILES string of the molecule is Cc1nn(Cc2ccc(C(=O)NCc3ccccc3CN(C)C)cc2)c(C)c1[N+](=O)[O-]. The third-order valence-corrected chi connectivity index (χ3v) is 5.12. The van der Waals surface area contributed by atoms with Gasteiger partial charge in [-0.1, -0.05) is 36.4 Å². The van der Waals surface area contributed by atoms with E-state index in [0.29, 0.717) is 30.0 Å². The van der Waals surface area contributed by atoms with Gasteiger partial charge in [0, 0.05) is 18.7 Å². The van der Waals surface area contributed by atoms with Crippen LogP contribution in [0.5, 0.6) is 0 Å². The molecule has 0 unspecified atom stereocenters. The summed E-state index contributed by atoms with van der Waals surface area (Å²) in [5, 5.41) is 18.4. The first-order valence-corrected chi connectivity index (χ1v) is 10.0. The molecule has 0 fully saturated rings. The van der Waals surface area contributed by atoms with E-state index >= 15 is 0 Å². The largest absolute Gasteiger partial charge is 0.348 e. The van der Waals surface area contributed by atoms with Crippen LogP contribution in [0, 0.1) is 24.0 Å². The Balaban J connectivity index is 1.65. The van der Waals surface area contributed by atoms with Gasteiger partial charge in [0.25, 0.3) is 5.91 Å². The highest BCUT2D eigenvalue weighted by Gasteiger charge is 2.21. The van der Waals surface area contributed by atoms with E-state index in [9.17, 15) is 14.9 Å². The molecule has 0 aliphatic carbocycles. The number of nitrogens with one attached hydrogen (secondary N) is 1. The van der Waals surface area contributed by atoms with Gasteiger partial charge in [0.1, 0.15) is 11.4 Å². The molecule has 0 bridgehead atoms. The van der Waals surface area contributed by atoms with Crippen molar-refractivity contribution in [3.63, 3.8) is 0 Å². The molecule has 0 saturated carbocycles. The maximum Gasteiger partial charge on any atom is 0.312 e. The predicted molar refractivity (Wildman–Crippen MR) is 119 cm³/mol. The molecule has 8 heteroatoms. The summed E-state index contributed by atoms with van der Waals surface area (Å²) in [7, 11) is 4.03. The van der Waals surface area contributed by atoms with E-state index in [1.807, 2.05) is 44.4 Å². The minimum absolute atomic E-state index is 0.0468. The van der Waals surface area contributed by atoms with Gasteiger partial charge in [-0.15, -0.1) is 0 Å². The van der Waals surface area contributed by atoms with E-state index < -0.39 is 4.92 Å². The van der Waals surface area contributed by atoms with Crippen LogP contribution in [0.25, 0.3) is 0 Å². The first-order valence-electron chi connectivity index (χ1n) is 10.0. The molecule has 0 spiro atoms. The molecule has 1 aromatic heterocycles. The minimum Gasteiger partial charge on any atom is -0.348 e. The molecule has 3 aromatic rings. The Bertz CT molecular complexity index is 1090. The summed E-state index contributed by atoms with van der Waals surface area (Å²) in [6, 6.07) is 15.3. The Morgan fingerprint density at radius 2 is 1.74 bits per heavy atom. The molecule has 1 amide bonds. The van der Waals surface area contributed by atoms with Crippen LogP contribution in [-0.4, -0.2) is 39.6 Å². The van der Waals surface area contributed by atoms with Crippen LogP contribution in [-0.2, 0) is 19.6 Å². The molecule has 0 aliphatic heterocycles. The molecule has 31 heavy (non-hydrogen) atoms. The van der Waals surface area contributed by atoms with E-state index in [4.69, 9.17) is 0 Å². The van der Waals surface area contributed by atoms with Gasteiger partial charge in [-0.3, -0.25) is 19.6 Å². The van der Waals surface area contributed by atoms with Gasteiger partial charge in [-0.2, -0.15) is 5.10 Å². The Kier molecular flexibility index (Phi) is 6.81. The van der Waals surface area contributed by atoms with Crippen molar-refractivity contribution in [1.29, 1.82) is 0 Å². The van der Waals surface area contributed by atoms with Crippen molar-refractivity contribution in [2.45, 2.75) is 33.5 Å². The lowest BCUT2D eigenvalue weighted by molar-refractivity contribution is -0.386. The fourth-order valence-electron chi connectivity index (χ4n) is 3.54. The van der Waals surface area contributed by atoms with Crippen LogP contribution in [0.1, 0.15) is 38.4 Å². The molecule has 3 rings (SSSR count). The van der Waals surface area contributed by atoms with Crippen LogP contribution >= 0.6 is 0 Å². The number of benzene rings is 2. The molecule has 162 valence electrons. The van der Waals surface area contributed by atoms with Crippen LogP contribution < -0.4 is 5.32 Å². The fraction of sp³-hybridized carbons (Fsp3) is 0.304. The van der Waals surface area contributed by atoms with E-state index in [-0.39, 0.29) is 11.6 Å². The number of nitrogens with zero attached hydrogens (tertiary/aromatic N) is 4. The maximum atomic E-state index is 12.6. The lowest BCUT2D eigenvalue weighted by Gasteiger charge is -2.14. The van der Waals surface area contributed by atoms with Crippen molar-refractivity contribution in [3.05, 3.63) is 92.3 Å². The molecule has 1 N–H and O–H groups in total. The van der Waals surface area contributed by atoms with Crippen molar-refractivity contribution in [1.82, 2.24) is 20.0 Å². The van der Waals surface area contributed by atoms with Gasteiger partial charge in [0.05, 0.1) is 11.5 Å². The lowest BCUT2D eigenvalue weighted by Crippen LogP contribution is -2.24. The van der Waals surface area contributed by atoms with Gasteiger partial charge in [-0.25, -0.2) is 0 Å². The highest BCUT2D eigenvalue weighted by atomic mass is 16.6. The van der Waals surface area contributed by atoms with Crippen molar-refractivity contribution >= 4 is 11.6 Å². The highest BCUT2D eigenvalue weighted by molar-refractivity contribution is 5.94. The molecule has 0 aliphatic rings. The lowest BCUT2D eigenvalue weighted by atomic mass is 10.1. The summed E-state index contributed by atoms with van der Waals surface area (Å²) < 4.78 is 1.62. The number of aromatic nitrogens is 2. The standard InChI is InChI=1S/C23H27N5O3/c1-16-22(28(30)31)17(2)27(25-16)14-18-9-11-19(12-10-18)23(29)24-13-20-7-5-6-8-21(20)15-26(3)4/h5-12H,13-15H2,1-4H3,(H,24,29). The van der Waals surface area contributed by atoms with Gasteiger partial charge in [0.15, 0.2) is 0 Å². The Morgan fingerprint density at radius 3 is 2.32 bits per heavy atom. The smallest absolute Gasteiger partial charge is 0.312 e. The maximum absolute atomic E-state index is 12.6. The normalized spacial score (nSPS) is 11.0. The summed E-state index contributed by atoms with van der Waals surface area (Å²) in [6.45, 7) is 4.99. The van der Waals surface area contributed by atoms with Gasteiger partial charge in [-0.05, 0) is 56.8 Å². The Morgan fingerprint density at radius 1 is 1.10 bits per heavy atom. The highest BCUT2D eigenvalue weighted by Crippen LogP contribution is 2.22. The zero-order valence-electron chi connectivity index (χ0n) is 18.3. The average molecular weight is 422 g/mol. The summed E-state index contributed by atoms with van der Waals surface area (Å²) in [6.07, 6.45) is 0. The van der Waals surface area contributed by atoms with Gasteiger partial charge in [0.2, 0.25) is 0 Å². The second-order valence-electron chi connectivity index (χ2n) is 7.82. The molecule has 0 saturated heterocycles. The second-order valence-corrected chi connectivity index (χ2v) is 7.82. The van der Waals surface area contributed by atoms with Crippen LogP contribution in [0.4, 0.5) is 5.69 Å². The fourth-order valence-corrected chi connectivity index (χ4v) is 3.54. The van der Waals surface area contributed by atoms with Gasteiger partial charge >= 0.3 is 5.69 Å². The molecule has 0 atom stereocenters. The molecule has 8 nitrogen and oxygen atoms in total. The van der Waals surface area contributed by atoms with Crippen molar-refractivity contribution in [2.75, 3.05) is 14.1 Å². The van der Waals surface area contributed by atoms with Crippen LogP contribution in [0.2, 0.25) is 0 Å². The molecule has 1 heterocycles. The van der Waals surface area contributed by atoms with Crippen molar-refractivity contribution < 1.29 is 9.72 Å². The van der Waals surface area contributed by atoms with Crippen molar-refractivity contribution in [2.24, 2.45) is 0 Å². The predicted octanol–water partition coefficient (Wildman–Crippen LogP) is 3.45. The number of aryl methyl sites for hydroxylation is 1. The third kappa shape index (κ3) is 5.35. The summed E-state index contributed by atoms with van der Waals surface area (Å²) in [4.78, 5) is 25.4. The van der Waals surface area contributed by atoms with E-state index in [1.165, 1.54) is 5.56 Å². The number of rotatable bonds is 8. The third-order valence-electron chi connectivity index (χ3n) is 5.12. The number of carbonyl (C=O) groups excluding carboxylic acids is 1. The number of nitro groups is 1. The molecular formula is C23H27N5O3. The van der Waals surface area contributed by atoms with E-state index in [0.717, 1.165) is 17.7 Å². The topological polar surface area (TPSA) is 93.3 Å². The zero-order chi connectivity index (χ0) is 22.5. The van der Waals surface area contributed by atoms with Crippen LogP contribution in [0.3, 0.4) is 0 Å². The van der Waals surface area contributed by atoms with Gasteiger partial charge < -0.3 is 10.2 Å². The Labute approximate surface area is 181 Å².